The van der Waals surface area contributed by atoms with E-state index in [2.05, 4.69) is 41.8 Å². The zero-order chi connectivity index (χ0) is 15.5. The van der Waals surface area contributed by atoms with Crippen LogP contribution in [0.5, 0.6) is 0 Å². The Bertz CT molecular complexity index is 809. The van der Waals surface area contributed by atoms with E-state index in [1.807, 2.05) is 18.2 Å². The summed E-state index contributed by atoms with van der Waals surface area (Å²) >= 11 is 1.74. The van der Waals surface area contributed by atoms with Crippen molar-refractivity contribution in [3.63, 3.8) is 0 Å². The maximum Gasteiger partial charge on any atom is 0.235 e. The summed E-state index contributed by atoms with van der Waals surface area (Å²) in [7, 11) is 0. The summed E-state index contributed by atoms with van der Waals surface area (Å²) < 4.78 is 3.43. The highest BCUT2D eigenvalue weighted by Gasteiger charge is 2.17. The van der Waals surface area contributed by atoms with Gasteiger partial charge in [0.05, 0.1) is 0 Å². The number of carboxylic acids is 1. The lowest BCUT2D eigenvalue weighted by Gasteiger charge is -2.02. The normalized spacial score (nSPS) is 11.0. The highest BCUT2D eigenvalue weighted by atomic mass is 32.1. The molecule has 0 bridgehead atoms. The van der Waals surface area contributed by atoms with E-state index in [1.54, 1.807) is 11.3 Å². The number of fused-ring (bicyclic) bond motifs is 1. The maximum absolute atomic E-state index is 10.6. The number of aromatic nitrogens is 1. The molecule has 1 aromatic heterocycles. The summed E-state index contributed by atoms with van der Waals surface area (Å²) in [5, 5.41) is 11.8. The van der Waals surface area contributed by atoms with Crippen molar-refractivity contribution in [2.45, 2.75) is 26.3 Å². The Morgan fingerprint density at radius 2 is 1.91 bits per heavy atom. The molecule has 0 atom stereocenters. The zero-order valence-corrected chi connectivity index (χ0v) is 13.2. The lowest BCUT2D eigenvalue weighted by molar-refractivity contribution is -0.673. The van der Waals surface area contributed by atoms with E-state index < -0.39 is 5.97 Å². The average molecular weight is 311 g/mol. The largest absolute Gasteiger partial charge is 0.550 e. The van der Waals surface area contributed by atoms with Gasteiger partial charge >= 0.3 is 0 Å². The first-order valence-electron chi connectivity index (χ1n) is 7.33. The van der Waals surface area contributed by atoms with Crippen LogP contribution in [0.2, 0.25) is 0 Å². The van der Waals surface area contributed by atoms with Crippen molar-refractivity contribution in [2.24, 2.45) is 0 Å². The van der Waals surface area contributed by atoms with Gasteiger partial charge in [-0.3, -0.25) is 0 Å². The van der Waals surface area contributed by atoms with Crippen LogP contribution in [-0.2, 0) is 11.3 Å². The van der Waals surface area contributed by atoms with Crippen LogP contribution in [-0.4, -0.2) is 5.97 Å². The molecule has 0 N–H and O–H groups in total. The molecule has 112 valence electrons. The molecule has 0 spiro atoms. The summed E-state index contributed by atoms with van der Waals surface area (Å²) in [5.41, 5.74) is 3.54. The van der Waals surface area contributed by atoms with Crippen LogP contribution in [0.1, 0.15) is 17.8 Å². The molecule has 2 aromatic carbocycles. The fourth-order valence-electron chi connectivity index (χ4n) is 2.67. The molecule has 0 radical (unpaired) electrons. The van der Waals surface area contributed by atoms with Crippen molar-refractivity contribution < 1.29 is 14.5 Å². The molecule has 3 aromatic rings. The highest BCUT2D eigenvalue weighted by Crippen LogP contribution is 2.26. The number of nitrogens with zero attached hydrogens (tertiary/aromatic N) is 1. The van der Waals surface area contributed by atoms with Crippen LogP contribution < -0.4 is 9.67 Å². The maximum atomic E-state index is 10.6. The second-order valence-electron chi connectivity index (χ2n) is 5.30. The molecule has 0 fully saturated rings. The molecule has 3 nitrogen and oxygen atoms in total. The van der Waals surface area contributed by atoms with Gasteiger partial charge in [-0.25, -0.2) is 0 Å². The number of hydrogen-bond donors (Lipinski definition) is 0. The van der Waals surface area contributed by atoms with E-state index in [1.165, 1.54) is 26.4 Å². The van der Waals surface area contributed by atoms with E-state index in [0.717, 1.165) is 0 Å². The minimum atomic E-state index is -0.984. The number of aliphatic carboxylic acids is 1. The average Bonchev–Trinajstić information content (AvgIpc) is 2.83. The predicted octanol–water partition coefficient (Wildman–Crippen LogP) is 2.69. The van der Waals surface area contributed by atoms with Crippen LogP contribution in [0.15, 0.2) is 48.5 Å². The minimum Gasteiger partial charge on any atom is -0.550 e. The van der Waals surface area contributed by atoms with Crippen molar-refractivity contribution in [3.05, 3.63) is 53.5 Å². The Morgan fingerprint density at radius 1 is 1.14 bits per heavy atom. The van der Waals surface area contributed by atoms with Gasteiger partial charge in [-0.05, 0) is 23.6 Å². The second-order valence-corrected chi connectivity index (χ2v) is 6.53. The topological polar surface area (TPSA) is 44.0 Å². The first-order valence-corrected chi connectivity index (χ1v) is 8.15. The molecule has 3 rings (SSSR count). The molecule has 0 saturated carbocycles. The molecule has 0 aliphatic carbocycles. The van der Waals surface area contributed by atoms with E-state index >= 15 is 0 Å². The monoisotopic (exact) mass is 311 g/mol. The Hall–Kier alpha value is -2.20. The second kappa shape index (κ2) is 6.28. The van der Waals surface area contributed by atoms with Gasteiger partial charge in [-0.2, -0.15) is 4.57 Å². The standard InChI is InChI=1S/C18H17NO2S/c1-13-19(11-5-8-18(20)21)16-12-15(9-10-17(16)22-13)14-6-3-2-4-7-14/h2-4,6-7,9-10,12H,5,8,11H2,1H3. The SMILES string of the molecule is Cc1sc2ccc(-c3ccccc3)cc2[n+]1CCCC(=O)[O-]. The van der Waals surface area contributed by atoms with Gasteiger partial charge in [0.1, 0.15) is 4.70 Å². The van der Waals surface area contributed by atoms with Gasteiger partial charge in [-0.15, -0.1) is 0 Å². The first-order chi connectivity index (χ1) is 10.6. The van der Waals surface area contributed by atoms with Gasteiger partial charge in [0.25, 0.3) is 0 Å². The molecule has 0 aliphatic rings. The summed E-state index contributed by atoms with van der Waals surface area (Å²) in [6, 6.07) is 16.7. The smallest absolute Gasteiger partial charge is 0.235 e. The number of aryl methyl sites for hydroxylation is 2. The summed E-state index contributed by atoms with van der Waals surface area (Å²) in [5.74, 6) is -0.984. The Kier molecular flexibility index (Phi) is 4.20. The van der Waals surface area contributed by atoms with E-state index in [9.17, 15) is 9.90 Å². The van der Waals surface area contributed by atoms with E-state index in [0.29, 0.717) is 13.0 Å². The molecule has 22 heavy (non-hydrogen) atoms. The third-order valence-electron chi connectivity index (χ3n) is 3.76. The Balaban J connectivity index is 1.97. The molecule has 1 heterocycles. The van der Waals surface area contributed by atoms with Crippen molar-refractivity contribution >= 4 is 27.5 Å². The number of rotatable bonds is 5. The van der Waals surface area contributed by atoms with E-state index in [4.69, 9.17) is 0 Å². The number of carbonyl (C=O) groups excluding carboxylic acids is 1. The third-order valence-corrected chi connectivity index (χ3v) is 4.84. The quantitative estimate of drug-likeness (QED) is 0.680. The van der Waals surface area contributed by atoms with E-state index in [-0.39, 0.29) is 6.42 Å². The number of hydrogen-bond acceptors (Lipinski definition) is 3. The Labute approximate surface area is 133 Å². The van der Waals surface area contributed by atoms with Crippen LogP contribution in [0.3, 0.4) is 0 Å². The van der Waals surface area contributed by atoms with Crippen molar-refractivity contribution in [3.8, 4) is 11.1 Å². The van der Waals surface area contributed by atoms with Gasteiger partial charge in [-0.1, -0.05) is 47.7 Å². The molecular weight excluding hydrogens is 294 g/mol. The molecule has 0 aliphatic heterocycles. The summed E-state index contributed by atoms with van der Waals surface area (Å²) in [6.45, 7) is 2.78. The fraction of sp³-hybridized carbons (Fsp3) is 0.222. The van der Waals surface area contributed by atoms with Gasteiger partial charge in [0, 0.05) is 25.4 Å². The van der Waals surface area contributed by atoms with Crippen molar-refractivity contribution in [2.75, 3.05) is 0 Å². The molecule has 0 saturated heterocycles. The van der Waals surface area contributed by atoms with Crippen molar-refractivity contribution in [1.29, 1.82) is 0 Å². The lowest BCUT2D eigenvalue weighted by Crippen LogP contribution is -2.36. The lowest BCUT2D eigenvalue weighted by atomic mass is 10.1. The number of carboxylic acid groups (broad SMARTS) is 1. The van der Waals surface area contributed by atoms with Crippen molar-refractivity contribution in [1.82, 2.24) is 0 Å². The van der Waals surface area contributed by atoms with Gasteiger partial charge in [0.15, 0.2) is 6.54 Å². The van der Waals surface area contributed by atoms with Crippen LogP contribution in [0, 0.1) is 6.92 Å². The number of carbonyl (C=O) groups is 1. The highest BCUT2D eigenvalue weighted by molar-refractivity contribution is 7.18. The first kappa shape index (κ1) is 14.7. The van der Waals surface area contributed by atoms with Gasteiger partial charge < -0.3 is 9.90 Å². The molecule has 0 amide bonds. The predicted molar refractivity (Wildman–Crippen MR) is 86.4 cm³/mol. The minimum absolute atomic E-state index is 0.0994. The fourth-order valence-corrected chi connectivity index (χ4v) is 3.70. The molecular formula is C18H17NO2S. The summed E-state index contributed by atoms with van der Waals surface area (Å²) in [4.78, 5) is 10.6. The van der Waals surface area contributed by atoms with Crippen LogP contribution in [0.25, 0.3) is 21.3 Å². The zero-order valence-electron chi connectivity index (χ0n) is 12.4. The molecule has 0 unspecified atom stereocenters. The third kappa shape index (κ3) is 3.02. The molecule has 4 heteroatoms. The summed E-state index contributed by atoms with van der Waals surface area (Å²) in [6.07, 6.45) is 0.692. The van der Waals surface area contributed by atoms with Crippen LogP contribution >= 0.6 is 11.3 Å². The number of benzene rings is 2. The van der Waals surface area contributed by atoms with Crippen LogP contribution in [0.4, 0.5) is 0 Å². The number of thiazole rings is 1. The Morgan fingerprint density at radius 3 is 2.64 bits per heavy atom. The van der Waals surface area contributed by atoms with Gasteiger partial charge in [0.2, 0.25) is 10.5 Å².